The standard InChI is InChI=1S/C21H21F4N3OS/c1-12-5-14(7-15(29)6-12)11-27-3-4-28(10-13(27)2)20-26-18-9-17(22)16(21(23,24)25)8-19(18)30-20/h5-9,13,29H,3-4,10-11H2,1-2H3/t13-/m1/s1. The predicted octanol–water partition coefficient (Wildman–Crippen LogP) is 5.18. The highest BCUT2D eigenvalue weighted by molar-refractivity contribution is 7.22. The first-order valence-corrected chi connectivity index (χ1v) is 10.4. The van der Waals surface area contributed by atoms with Gasteiger partial charge in [-0.3, -0.25) is 4.90 Å². The number of halogens is 4. The number of rotatable bonds is 3. The van der Waals surface area contributed by atoms with Crippen LogP contribution in [0.1, 0.15) is 23.6 Å². The Morgan fingerprint density at radius 1 is 1.17 bits per heavy atom. The molecule has 4 nitrogen and oxygen atoms in total. The van der Waals surface area contributed by atoms with Gasteiger partial charge >= 0.3 is 6.18 Å². The van der Waals surface area contributed by atoms with E-state index < -0.39 is 17.6 Å². The lowest BCUT2D eigenvalue weighted by molar-refractivity contribution is -0.139. The molecular weight excluding hydrogens is 418 g/mol. The molecule has 3 aromatic rings. The number of benzene rings is 2. The summed E-state index contributed by atoms with van der Waals surface area (Å²) in [5.41, 5.74) is 1.01. The van der Waals surface area contributed by atoms with Gasteiger partial charge in [0.15, 0.2) is 5.13 Å². The van der Waals surface area contributed by atoms with Crippen molar-refractivity contribution in [2.75, 3.05) is 24.5 Å². The molecule has 1 saturated heterocycles. The fourth-order valence-corrected chi connectivity index (χ4v) is 4.88. The fourth-order valence-electron chi connectivity index (χ4n) is 3.86. The van der Waals surface area contributed by atoms with E-state index in [9.17, 15) is 22.7 Å². The van der Waals surface area contributed by atoms with Gasteiger partial charge in [0.1, 0.15) is 11.6 Å². The van der Waals surface area contributed by atoms with Crippen molar-refractivity contribution in [1.82, 2.24) is 9.88 Å². The average Bonchev–Trinajstić information content (AvgIpc) is 3.04. The number of hydrogen-bond acceptors (Lipinski definition) is 5. The number of thiazole rings is 1. The van der Waals surface area contributed by atoms with Gasteiger partial charge in [-0.2, -0.15) is 13.2 Å². The zero-order chi connectivity index (χ0) is 21.6. The second kappa shape index (κ2) is 7.70. The third kappa shape index (κ3) is 4.22. The molecule has 0 amide bonds. The Labute approximate surface area is 175 Å². The van der Waals surface area contributed by atoms with E-state index in [0.717, 1.165) is 41.1 Å². The van der Waals surface area contributed by atoms with Crippen molar-refractivity contribution in [3.63, 3.8) is 0 Å². The van der Waals surface area contributed by atoms with Crippen molar-refractivity contribution in [1.29, 1.82) is 0 Å². The number of aromatic nitrogens is 1. The highest BCUT2D eigenvalue weighted by Gasteiger charge is 2.35. The summed E-state index contributed by atoms with van der Waals surface area (Å²) in [7, 11) is 0. The predicted molar refractivity (Wildman–Crippen MR) is 110 cm³/mol. The lowest BCUT2D eigenvalue weighted by Crippen LogP contribution is -2.51. The van der Waals surface area contributed by atoms with Gasteiger partial charge in [0.05, 0.1) is 15.8 Å². The number of phenols is 1. The molecule has 1 fully saturated rings. The molecule has 1 N–H and O–H groups in total. The van der Waals surface area contributed by atoms with E-state index >= 15 is 0 Å². The second-order valence-electron chi connectivity index (χ2n) is 7.74. The van der Waals surface area contributed by atoms with Gasteiger partial charge in [0, 0.05) is 38.3 Å². The van der Waals surface area contributed by atoms with E-state index in [0.29, 0.717) is 29.5 Å². The minimum Gasteiger partial charge on any atom is -0.508 e. The van der Waals surface area contributed by atoms with E-state index in [2.05, 4.69) is 16.8 Å². The molecule has 1 atom stereocenters. The normalized spacial score (nSPS) is 18.3. The SMILES string of the molecule is Cc1cc(O)cc(CN2CCN(c3nc4cc(F)c(C(F)(F)F)cc4s3)C[C@H]2C)c1. The van der Waals surface area contributed by atoms with Crippen LogP contribution in [0.15, 0.2) is 30.3 Å². The Bertz CT molecular complexity index is 1060. The molecular formula is C21H21F4N3OS. The summed E-state index contributed by atoms with van der Waals surface area (Å²) in [5.74, 6) is -1.05. The molecule has 1 aliphatic heterocycles. The van der Waals surface area contributed by atoms with Gasteiger partial charge < -0.3 is 10.0 Å². The molecule has 30 heavy (non-hydrogen) atoms. The number of piperazine rings is 1. The maximum Gasteiger partial charge on any atom is 0.419 e. The van der Waals surface area contributed by atoms with Crippen LogP contribution in [0.3, 0.4) is 0 Å². The van der Waals surface area contributed by atoms with Gasteiger partial charge in [-0.25, -0.2) is 9.37 Å². The van der Waals surface area contributed by atoms with Crippen molar-refractivity contribution in [3.05, 3.63) is 52.8 Å². The molecule has 2 aromatic carbocycles. The third-order valence-corrected chi connectivity index (χ3v) is 6.39. The maximum absolute atomic E-state index is 13.9. The second-order valence-corrected chi connectivity index (χ2v) is 8.75. The lowest BCUT2D eigenvalue weighted by atomic mass is 10.1. The molecule has 0 unspecified atom stereocenters. The van der Waals surface area contributed by atoms with Gasteiger partial charge in [-0.15, -0.1) is 0 Å². The van der Waals surface area contributed by atoms with Gasteiger partial charge in [0.2, 0.25) is 0 Å². The number of alkyl halides is 3. The molecule has 0 bridgehead atoms. The Morgan fingerprint density at radius 3 is 2.60 bits per heavy atom. The van der Waals surface area contributed by atoms with Crippen molar-refractivity contribution in [3.8, 4) is 5.75 Å². The minimum absolute atomic E-state index is 0.177. The molecule has 160 valence electrons. The first-order valence-electron chi connectivity index (χ1n) is 9.56. The van der Waals surface area contributed by atoms with Gasteiger partial charge in [-0.1, -0.05) is 17.4 Å². The lowest BCUT2D eigenvalue weighted by Gasteiger charge is -2.39. The van der Waals surface area contributed by atoms with Crippen LogP contribution < -0.4 is 4.90 Å². The minimum atomic E-state index is -4.73. The summed E-state index contributed by atoms with van der Waals surface area (Å²) in [4.78, 5) is 8.70. The largest absolute Gasteiger partial charge is 0.508 e. The van der Waals surface area contributed by atoms with Crippen molar-refractivity contribution < 1.29 is 22.7 Å². The van der Waals surface area contributed by atoms with E-state index in [1.807, 2.05) is 17.9 Å². The van der Waals surface area contributed by atoms with Gasteiger partial charge in [0.25, 0.3) is 0 Å². The molecule has 9 heteroatoms. The zero-order valence-corrected chi connectivity index (χ0v) is 17.3. The highest BCUT2D eigenvalue weighted by atomic mass is 32.1. The van der Waals surface area contributed by atoms with Crippen LogP contribution in [-0.4, -0.2) is 40.7 Å². The Morgan fingerprint density at radius 2 is 1.93 bits per heavy atom. The average molecular weight is 439 g/mol. The molecule has 4 rings (SSSR count). The molecule has 1 aliphatic rings. The molecule has 2 heterocycles. The summed E-state index contributed by atoms with van der Waals surface area (Å²) in [6.07, 6.45) is -4.73. The Hall–Kier alpha value is -2.39. The monoisotopic (exact) mass is 439 g/mol. The summed E-state index contributed by atoms with van der Waals surface area (Å²) >= 11 is 1.15. The number of nitrogens with zero attached hydrogens (tertiary/aromatic N) is 3. The third-order valence-electron chi connectivity index (χ3n) is 5.31. The quantitative estimate of drug-likeness (QED) is 0.571. The summed E-state index contributed by atoms with van der Waals surface area (Å²) < 4.78 is 53.1. The van der Waals surface area contributed by atoms with E-state index in [1.165, 1.54) is 0 Å². The first kappa shape index (κ1) is 20.9. The Kier molecular flexibility index (Phi) is 5.36. The van der Waals surface area contributed by atoms with Crippen molar-refractivity contribution in [2.45, 2.75) is 32.6 Å². The van der Waals surface area contributed by atoms with Crippen LogP contribution in [-0.2, 0) is 12.7 Å². The number of anilines is 1. The number of aryl methyl sites for hydroxylation is 1. The number of hydrogen-bond donors (Lipinski definition) is 1. The van der Waals surface area contributed by atoms with Crippen LogP contribution in [0.4, 0.5) is 22.7 Å². The van der Waals surface area contributed by atoms with Crippen LogP contribution >= 0.6 is 11.3 Å². The van der Waals surface area contributed by atoms with Crippen molar-refractivity contribution >= 4 is 26.7 Å². The number of phenolic OH excluding ortho intramolecular Hbond substituents is 1. The molecule has 0 aliphatic carbocycles. The Balaban J connectivity index is 1.50. The molecule has 0 spiro atoms. The van der Waals surface area contributed by atoms with Crippen LogP contribution in [0.25, 0.3) is 10.2 Å². The van der Waals surface area contributed by atoms with Crippen molar-refractivity contribution in [2.24, 2.45) is 0 Å². The number of aromatic hydroxyl groups is 1. The van der Waals surface area contributed by atoms with Crippen LogP contribution in [0.5, 0.6) is 5.75 Å². The maximum atomic E-state index is 13.9. The van der Waals surface area contributed by atoms with E-state index in [-0.39, 0.29) is 17.3 Å². The first-order chi connectivity index (χ1) is 14.1. The van der Waals surface area contributed by atoms with E-state index in [4.69, 9.17) is 0 Å². The molecule has 0 saturated carbocycles. The highest BCUT2D eigenvalue weighted by Crippen LogP contribution is 2.37. The summed E-state index contributed by atoms with van der Waals surface area (Å²) in [5, 5.41) is 10.4. The topological polar surface area (TPSA) is 39.6 Å². The smallest absolute Gasteiger partial charge is 0.419 e. The zero-order valence-electron chi connectivity index (χ0n) is 16.5. The summed E-state index contributed by atoms with van der Waals surface area (Å²) in [6, 6.07) is 7.39. The molecule has 0 radical (unpaired) electrons. The summed E-state index contributed by atoms with van der Waals surface area (Å²) in [6.45, 7) is 6.78. The van der Waals surface area contributed by atoms with E-state index in [1.54, 1.807) is 12.1 Å². The van der Waals surface area contributed by atoms with Crippen LogP contribution in [0.2, 0.25) is 0 Å². The van der Waals surface area contributed by atoms with Gasteiger partial charge in [-0.05, 0) is 43.2 Å². The van der Waals surface area contributed by atoms with Crippen LogP contribution in [0, 0.1) is 12.7 Å². The fraction of sp³-hybridized carbons (Fsp3) is 0.381. The number of fused-ring (bicyclic) bond motifs is 1. The molecule has 1 aromatic heterocycles.